The van der Waals surface area contributed by atoms with Gasteiger partial charge in [0.25, 0.3) is 0 Å². The largest absolute Gasteiger partial charge is 0.385 e. The lowest BCUT2D eigenvalue weighted by Gasteiger charge is -2.16. The Balaban J connectivity index is 1.84. The van der Waals surface area contributed by atoms with E-state index in [1.807, 2.05) is 0 Å². The SMILES string of the molecule is COCC(C)CNc1cccc(CN2CCCC2)c1. The molecule has 1 fully saturated rings. The molecule has 2 rings (SSSR count). The van der Waals surface area contributed by atoms with Gasteiger partial charge in [0.15, 0.2) is 0 Å². The third-order valence-electron chi connectivity index (χ3n) is 3.64. The van der Waals surface area contributed by atoms with Crippen LogP contribution >= 0.6 is 0 Å². The van der Waals surface area contributed by atoms with Crippen molar-refractivity contribution in [2.24, 2.45) is 5.92 Å². The van der Waals surface area contributed by atoms with Crippen LogP contribution in [0, 0.1) is 5.92 Å². The molecular weight excluding hydrogens is 236 g/mol. The molecular formula is C16H26N2O. The Hall–Kier alpha value is -1.06. The number of methoxy groups -OCH3 is 1. The summed E-state index contributed by atoms with van der Waals surface area (Å²) in [4.78, 5) is 2.53. The maximum atomic E-state index is 5.16. The summed E-state index contributed by atoms with van der Waals surface area (Å²) in [6, 6.07) is 8.79. The van der Waals surface area contributed by atoms with Crippen molar-refractivity contribution in [2.75, 3.05) is 38.7 Å². The zero-order valence-electron chi connectivity index (χ0n) is 12.2. The van der Waals surface area contributed by atoms with Gasteiger partial charge in [-0.1, -0.05) is 19.1 Å². The van der Waals surface area contributed by atoms with Gasteiger partial charge < -0.3 is 10.1 Å². The first-order chi connectivity index (χ1) is 9.28. The molecule has 0 spiro atoms. The van der Waals surface area contributed by atoms with Crippen molar-refractivity contribution in [3.63, 3.8) is 0 Å². The summed E-state index contributed by atoms with van der Waals surface area (Å²) in [6.45, 7) is 7.56. The summed E-state index contributed by atoms with van der Waals surface area (Å²) < 4.78 is 5.16. The summed E-state index contributed by atoms with van der Waals surface area (Å²) in [5.41, 5.74) is 2.63. The highest BCUT2D eigenvalue weighted by molar-refractivity contribution is 5.45. The fourth-order valence-electron chi connectivity index (χ4n) is 2.61. The molecule has 1 N–H and O–H groups in total. The van der Waals surface area contributed by atoms with Crippen LogP contribution in [0.3, 0.4) is 0 Å². The maximum Gasteiger partial charge on any atom is 0.0504 e. The van der Waals surface area contributed by atoms with Gasteiger partial charge in [-0.25, -0.2) is 0 Å². The summed E-state index contributed by atoms with van der Waals surface area (Å²) in [5, 5.41) is 3.50. The van der Waals surface area contributed by atoms with E-state index in [9.17, 15) is 0 Å². The summed E-state index contributed by atoms with van der Waals surface area (Å²) in [6.07, 6.45) is 2.71. The van der Waals surface area contributed by atoms with Crippen LogP contribution in [0.25, 0.3) is 0 Å². The van der Waals surface area contributed by atoms with Crippen molar-refractivity contribution >= 4 is 5.69 Å². The topological polar surface area (TPSA) is 24.5 Å². The number of nitrogens with zero attached hydrogens (tertiary/aromatic N) is 1. The smallest absolute Gasteiger partial charge is 0.0504 e. The van der Waals surface area contributed by atoms with Gasteiger partial charge in [-0.2, -0.15) is 0 Å². The molecule has 1 aliphatic rings. The first kappa shape index (κ1) is 14.4. The quantitative estimate of drug-likeness (QED) is 0.817. The first-order valence-electron chi connectivity index (χ1n) is 7.32. The molecule has 0 saturated carbocycles. The van der Waals surface area contributed by atoms with Crippen molar-refractivity contribution in [2.45, 2.75) is 26.3 Å². The molecule has 0 amide bonds. The van der Waals surface area contributed by atoms with Gasteiger partial charge in [0.05, 0.1) is 6.61 Å². The van der Waals surface area contributed by atoms with E-state index in [4.69, 9.17) is 4.74 Å². The molecule has 19 heavy (non-hydrogen) atoms. The van der Waals surface area contributed by atoms with E-state index in [-0.39, 0.29) is 0 Å². The predicted octanol–water partition coefficient (Wildman–Crippen LogP) is 2.98. The Labute approximate surface area is 116 Å². The molecule has 1 unspecified atom stereocenters. The summed E-state index contributed by atoms with van der Waals surface area (Å²) >= 11 is 0. The van der Waals surface area contributed by atoms with Crippen LogP contribution in [0.2, 0.25) is 0 Å². The molecule has 0 aliphatic carbocycles. The van der Waals surface area contributed by atoms with Crippen molar-refractivity contribution in [1.29, 1.82) is 0 Å². The van der Waals surface area contributed by atoms with Crippen LogP contribution < -0.4 is 5.32 Å². The van der Waals surface area contributed by atoms with Gasteiger partial charge in [0.2, 0.25) is 0 Å². The van der Waals surface area contributed by atoms with Gasteiger partial charge in [-0.15, -0.1) is 0 Å². The minimum Gasteiger partial charge on any atom is -0.385 e. The lowest BCUT2D eigenvalue weighted by atomic mass is 10.1. The average Bonchev–Trinajstić information content (AvgIpc) is 2.90. The molecule has 0 bridgehead atoms. The maximum absolute atomic E-state index is 5.16. The van der Waals surface area contributed by atoms with E-state index in [0.717, 1.165) is 19.7 Å². The van der Waals surface area contributed by atoms with E-state index in [2.05, 4.69) is 41.4 Å². The van der Waals surface area contributed by atoms with Gasteiger partial charge in [-0.05, 0) is 49.5 Å². The molecule has 3 heteroatoms. The van der Waals surface area contributed by atoms with Gasteiger partial charge in [0.1, 0.15) is 0 Å². The van der Waals surface area contributed by atoms with Crippen molar-refractivity contribution in [3.05, 3.63) is 29.8 Å². The number of anilines is 1. The molecule has 1 aliphatic heterocycles. The Bertz CT molecular complexity index is 375. The molecule has 1 atom stereocenters. The van der Waals surface area contributed by atoms with Crippen LogP contribution in [-0.2, 0) is 11.3 Å². The molecule has 106 valence electrons. The lowest BCUT2D eigenvalue weighted by Crippen LogP contribution is -2.19. The molecule has 1 aromatic carbocycles. The van der Waals surface area contributed by atoms with Crippen LogP contribution in [0.15, 0.2) is 24.3 Å². The number of rotatable bonds is 7. The normalized spacial score (nSPS) is 17.6. The van der Waals surface area contributed by atoms with E-state index in [0.29, 0.717) is 5.92 Å². The minimum atomic E-state index is 0.534. The molecule has 3 nitrogen and oxygen atoms in total. The van der Waals surface area contributed by atoms with Gasteiger partial charge in [-0.3, -0.25) is 4.90 Å². The fraction of sp³-hybridized carbons (Fsp3) is 0.625. The number of likely N-dealkylation sites (tertiary alicyclic amines) is 1. The van der Waals surface area contributed by atoms with Crippen LogP contribution in [-0.4, -0.2) is 38.3 Å². The second-order valence-electron chi connectivity index (χ2n) is 5.63. The van der Waals surface area contributed by atoms with E-state index < -0.39 is 0 Å². The van der Waals surface area contributed by atoms with Crippen molar-refractivity contribution in [1.82, 2.24) is 4.90 Å². The Kier molecular flexibility index (Phi) is 5.67. The third-order valence-corrected chi connectivity index (χ3v) is 3.64. The van der Waals surface area contributed by atoms with E-state index in [1.54, 1.807) is 7.11 Å². The van der Waals surface area contributed by atoms with Gasteiger partial charge in [0, 0.05) is 25.9 Å². The number of benzene rings is 1. The number of hydrogen-bond donors (Lipinski definition) is 1. The highest BCUT2D eigenvalue weighted by Gasteiger charge is 2.11. The van der Waals surface area contributed by atoms with E-state index >= 15 is 0 Å². The number of hydrogen-bond acceptors (Lipinski definition) is 3. The zero-order valence-corrected chi connectivity index (χ0v) is 12.2. The van der Waals surface area contributed by atoms with Crippen molar-refractivity contribution in [3.8, 4) is 0 Å². The zero-order chi connectivity index (χ0) is 13.5. The molecule has 1 aromatic rings. The number of nitrogens with one attached hydrogen (secondary N) is 1. The summed E-state index contributed by atoms with van der Waals surface area (Å²) in [5.74, 6) is 0.534. The summed E-state index contributed by atoms with van der Waals surface area (Å²) in [7, 11) is 1.76. The highest BCUT2D eigenvalue weighted by Crippen LogP contribution is 2.16. The Morgan fingerprint density at radius 1 is 1.32 bits per heavy atom. The van der Waals surface area contributed by atoms with Crippen LogP contribution in [0.5, 0.6) is 0 Å². The van der Waals surface area contributed by atoms with E-state index in [1.165, 1.54) is 37.2 Å². The molecule has 0 radical (unpaired) electrons. The monoisotopic (exact) mass is 262 g/mol. The third kappa shape index (κ3) is 4.84. The molecule has 1 saturated heterocycles. The van der Waals surface area contributed by atoms with Crippen LogP contribution in [0.4, 0.5) is 5.69 Å². The Morgan fingerprint density at radius 2 is 2.11 bits per heavy atom. The first-order valence-corrected chi connectivity index (χ1v) is 7.32. The molecule has 0 aromatic heterocycles. The number of ether oxygens (including phenoxy) is 1. The van der Waals surface area contributed by atoms with Gasteiger partial charge >= 0.3 is 0 Å². The minimum absolute atomic E-state index is 0.534. The van der Waals surface area contributed by atoms with Crippen molar-refractivity contribution < 1.29 is 4.74 Å². The standard InChI is InChI=1S/C16H26N2O/c1-14(13-19-2)11-17-16-7-5-6-15(10-16)12-18-8-3-4-9-18/h5-7,10,14,17H,3-4,8-9,11-13H2,1-2H3. The highest BCUT2D eigenvalue weighted by atomic mass is 16.5. The van der Waals surface area contributed by atoms with Crippen LogP contribution in [0.1, 0.15) is 25.3 Å². The fourth-order valence-corrected chi connectivity index (χ4v) is 2.61. The lowest BCUT2D eigenvalue weighted by molar-refractivity contribution is 0.164. The second kappa shape index (κ2) is 7.51. The Morgan fingerprint density at radius 3 is 2.84 bits per heavy atom. The predicted molar refractivity (Wildman–Crippen MR) is 80.5 cm³/mol. The molecule has 1 heterocycles. The average molecular weight is 262 g/mol. The second-order valence-corrected chi connectivity index (χ2v) is 5.63.